The van der Waals surface area contributed by atoms with Gasteiger partial charge in [-0.15, -0.1) is 0 Å². The van der Waals surface area contributed by atoms with Gasteiger partial charge in [0.15, 0.2) is 17.5 Å². The Hall–Kier alpha value is -8.21. The van der Waals surface area contributed by atoms with Gasteiger partial charge in [0.2, 0.25) is 0 Å². The van der Waals surface area contributed by atoms with Crippen LogP contribution in [0.2, 0.25) is 0 Å². The van der Waals surface area contributed by atoms with Gasteiger partial charge in [-0.25, -0.2) is 15.0 Å². The second kappa shape index (κ2) is 14.3. The van der Waals surface area contributed by atoms with E-state index < -0.39 is 0 Å². The van der Waals surface area contributed by atoms with E-state index in [1.165, 1.54) is 60.3 Å². The second-order valence-electron chi connectivity index (χ2n) is 15.6. The van der Waals surface area contributed by atoms with Crippen molar-refractivity contribution in [2.24, 2.45) is 0 Å². The van der Waals surface area contributed by atoms with Crippen molar-refractivity contribution in [1.82, 2.24) is 19.4 Å². The Labute approximate surface area is 353 Å². The molecule has 0 fully saturated rings. The Morgan fingerprint density at radius 3 is 1.20 bits per heavy atom. The Bertz CT molecular complexity index is 3440. The zero-order valence-corrected chi connectivity index (χ0v) is 33.1. The summed E-state index contributed by atoms with van der Waals surface area (Å²) < 4.78 is 2.44. The van der Waals surface area contributed by atoms with Gasteiger partial charge in [-0.1, -0.05) is 182 Å². The summed E-state index contributed by atoms with van der Waals surface area (Å²) in [7, 11) is 0. The van der Waals surface area contributed by atoms with Gasteiger partial charge in [-0.3, -0.25) is 0 Å². The maximum atomic E-state index is 5.17. The van der Waals surface area contributed by atoms with Crippen molar-refractivity contribution in [1.29, 1.82) is 0 Å². The minimum atomic E-state index is 0.626. The molecule has 0 aliphatic carbocycles. The molecular formula is C57H36N4. The molecule has 0 radical (unpaired) electrons. The van der Waals surface area contributed by atoms with Crippen LogP contribution in [-0.2, 0) is 0 Å². The van der Waals surface area contributed by atoms with Crippen LogP contribution in [0.3, 0.4) is 0 Å². The van der Waals surface area contributed by atoms with E-state index >= 15 is 0 Å². The Morgan fingerprint density at radius 1 is 0.230 bits per heavy atom. The normalized spacial score (nSPS) is 11.6. The molecule has 0 saturated carbocycles. The number of para-hydroxylation sites is 1. The number of hydrogen-bond acceptors (Lipinski definition) is 3. The SMILES string of the molecule is c1ccc(-c2ccc(-c3nc(-c4ccc(-c5ccccc5)cc4)nc(-c4cccc(-c5cc6c7ccccc7n7c8ccc(-c9ccccc9)cc8c(c5)c67)c4)n3)cc2)cc1. The molecule has 12 aromatic rings. The van der Waals surface area contributed by atoms with E-state index in [-0.39, 0.29) is 0 Å². The van der Waals surface area contributed by atoms with Crippen molar-refractivity contribution < 1.29 is 0 Å². The van der Waals surface area contributed by atoms with E-state index in [9.17, 15) is 0 Å². The predicted molar refractivity (Wildman–Crippen MR) is 253 cm³/mol. The summed E-state index contributed by atoms with van der Waals surface area (Å²) in [4.78, 5) is 15.4. The van der Waals surface area contributed by atoms with Crippen LogP contribution in [0, 0.1) is 0 Å². The lowest BCUT2D eigenvalue weighted by molar-refractivity contribution is 1.07. The predicted octanol–water partition coefficient (Wildman–Crippen LogP) is 14.7. The topological polar surface area (TPSA) is 43.1 Å². The van der Waals surface area contributed by atoms with Crippen molar-refractivity contribution in [3.8, 4) is 78.7 Å². The van der Waals surface area contributed by atoms with Crippen molar-refractivity contribution in [3.05, 3.63) is 218 Å². The van der Waals surface area contributed by atoms with Gasteiger partial charge >= 0.3 is 0 Å². The molecule has 0 aliphatic heterocycles. The van der Waals surface area contributed by atoms with Gasteiger partial charge in [0.1, 0.15) is 0 Å². The third-order valence-electron chi connectivity index (χ3n) is 12.0. The summed E-state index contributed by atoms with van der Waals surface area (Å²) >= 11 is 0. The number of hydrogen-bond donors (Lipinski definition) is 0. The van der Waals surface area contributed by atoms with Crippen molar-refractivity contribution >= 4 is 38.1 Å². The second-order valence-corrected chi connectivity index (χ2v) is 15.6. The third-order valence-corrected chi connectivity index (χ3v) is 12.0. The van der Waals surface area contributed by atoms with Gasteiger partial charge in [0.05, 0.1) is 16.6 Å². The molecule has 0 bridgehead atoms. The number of rotatable bonds is 7. The minimum absolute atomic E-state index is 0.626. The van der Waals surface area contributed by atoms with E-state index in [2.05, 4.69) is 211 Å². The summed E-state index contributed by atoms with van der Waals surface area (Å²) in [5.41, 5.74) is 15.8. The van der Waals surface area contributed by atoms with Crippen molar-refractivity contribution in [2.75, 3.05) is 0 Å². The molecule has 3 heterocycles. The first-order valence-electron chi connectivity index (χ1n) is 20.7. The van der Waals surface area contributed by atoms with Crippen LogP contribution in [0.1, 0.15) is 0 Å². The van der Waals surface area contributed by atoms with Gasteiger partial charge < -0.3 is 4.40 Å². The number of nitrogens with zero attached hydrogens (tertiary/aromatic N) is 4. The van der Waals surface area contributed by atoms with Crippen LogP contribution in [0.5, 0.6) is 0 Å². The van der Waals surface area contributed by atoms with E-state index in [4.69, 9.17) is 15.0 Å². The summed E-state index contributed by atoms with van der Waals surface area (Å²) in [6.45, 7) is 0. The largest absolute Gasteiger partial charge is 0.308 e. The zero-order valence-electron chi connectivity index (χ0n) is 33.1. The van der Waals surface area contributed by atoms with E-state index in [1.54, 1.807) is 0 Å². The molecule has 4 nitrogen and oxygen atoms in total. The summed E-state index contributed by atoms with van der Waals surface area (Å²) in [6.07, 6.45) is 0. The first-order chi connectivity index (χ1) is 30.2. The van der Waals surface area contributed by atoms with Crippen LogP contribution in [0.15, 0.2) is 218 Å². The van der Waals surface area contributed by atoms with E-state index in [0.717, 1.165) is 38.9 Å². The van der Waals surface area contributed by atoms with Crippen molar-refractivity contribution in [3.63, 3.8) is 0 Å². The highest BCUT2D eigenvalue weighted by Crippen LogP contribution is 2.43. The average molecular weight is 777 g/mol. The highest BCUT2D eigenvalue weighted by molar-refractivity contribution is 6.24. The molecule has 4 heteroatoms. The fourth-order valence-electron chi connectivity index (χ4n) is 8.96. The van der Waals surface area contributed by atoms with Crippen LogP contribution in [-0.4, -0.2) is 19.4 Å². The van der Waals surface area contributed by atoms with Crippen LogP contribution in [0.25, 0.3) is 117 Å². The molecule has 0 spiro atoms. The maximum absolute atomic E-state index is 5.17. The Kier molecular flexibility index (Phi) is 8.13. The van der Waals surface area contributed by atoms with E-state index in [0.29, 0.717) is 17.5 Å². The molecule has 0 unspecified atom stereocenters. The van der Waals surface area contributed by atoms with Crippen LogP contribution in [0.4, 0.5) is 0 Å². The maximum Gasteiger partial charge on any atom is 0.164 e. The summed E-state index contributed by atoms with van der Waals surface area (Å²) in [6, 6.07) is 77.5. The Morgan fingerprint density at radius 2 is 0.607 bits per heavy atom. The molecule has 0 atom stereocenters. The van der Waals surface area contributed by atoms with Crippen LogP contribution < -0.4 is 0 Å². The summed E-state index contributed by atoms with van der Waals surface area (Å²) in [5.74, 6) is 1.89. The van der Waals surface area contributed by atoms with Gasteiger partial charge in [0.25, 0.3) is 0 Å². The average Bonchev–Trinajstić information content (AvgIpc) is 3.86. The molecule has 0 saturated heterocycles. The third kappa shape index (κ3) is 6.04. The Balaban J connectivity index is 1.00. The fraction of sp³-hybridized carbons (Fsp3) is 0. The zero-order chi connectivity index (χ0) is 40.3. The van der Waals surface area contributed by atoms with Gasteiger partial charge in [-0.05, 0) is 80.9 Å². The lowest BCUT2D eigenvalue weighted by atomic mass is 9.97. The van der Waals surface area contributed by atoms with Gasteiger partial charge in [-0.2, -0.15) is 0 Å². The molecule has 61 heavy (non-hydrogen) atoms. The smallest absolute Gasteiger partial charge is 0.164 e. The number of aromatic nitrogens is 4. The van der Waals surface area contributed by atoms with E-state index in [1.807, 2.05) is 12.1 Å². The first-order valence-corrected chi connectivity index (χ1v) is 20.7. The first kappa shape index (κ1) is 34.8. The molecule has 284 valence electrons. The highest BCUT2D eigenvalue weighted by Gasteiger charge is 2.20. The number of benzene rings is 9. The quantitative estimate of drug-likeness (QED) is 0.162. The molecule has 0 aliphatic rings. The minimum Gasteiger partial charge on any atom is -0.308 e. The standard InChI is InChI=1S/C57H36N4/c1-4-13-37(14-5-1)40-23-27-42(28-24-40)55-58-56(43-29-25-41(26-30-43)38-15-6-2-7-16-38)60-57(59-55)46-20-12-19-44(33-46)47-35-50-48-21-10-11-22-52(48)61-53-32-31-45(39-17-8-3-9-18-39)34-49(53)51(36-47)54(50)61/h1-36H. The lowest BCUT2D eigenvalue weighted by Crippen LogP contribution is -2.00. The monoisotopic (exact) mass is 776 g/mol. The summed E-state index contributed by atoms with van der Waals surface area (Å²) in [5, 5.41) is 4.98. The lowest BCUT2D eigenvalue weighted by Gasteiger charge is -2.11. The number of fused-ring (bicyclic) bond motifs is 6. The fourth-order valence-corrected chi connectivity index (χ4v) is 8.96. The molecule has 0 amide bonds. The van der Waals surface area contributed by atoms with Gasteiger partial charge in [0, 0.05) is 38.2 Å². The highest BCUT2D eigenvalue weighted by atomic mass is 15.0. The molecule has 9 aromatic carbocycles. The van der Waals surface area contributed by atoms with Crippen molar-refractivity contribution in [2.45, 2.75) is 0 Å². The molecular weight excluding hydrogens is 741 g/mol. The van der Waals surface area contributed by atoms with Crippen LogP contribution >= 0.6 is 0 Å². The molecule has 12 rings (SSSR count). The molecule has 0 N–H and O–H groups in total. The molecule has 3 aromatic heterocycles.